The lowest BCUT2D eigenvalue weighted by molar-refractivity contribution is -0.137. The first-order chi connectivity index (χ1) is 9.49. The van der Waals surface area contributed by atoms with Gasteiger partial charge in [0.1, 0.15) is 0 Å². The van der Waals surface area contributed by atoms with Crippen molar-refractivity contribution >= 4 is 0 Å². The fourth-order valence-corrected chi connectivity index (χ4v) is 1.68. The molecule has 0 amide bonds. The fraction of sp³-hybridized carbons (Fsp3) is 0.385. The van der Waals surface area contributed by atoms with Gasteiger partial charge >= 0.3 is 6.18 Å². The van der Waals surface area contributed by atoms with Crippen molar-refractivity contribution in [3.05, 3.63) is 47.5 Å². The number of pyridine rings is 1. The van der Waals surface area contributed by atoms with E-state index in [1.54, 1.807) is 12.3 Å². The van der Waals surface area contributed by atoms with Crippen LogP contribution in [0.5, 0.6) is 0 Å². The Balaban J connectivity index is 2.01. The highest BCUT2D eigenvalue weighted by atomic mass is 19.4. The third kappa shape index (κ3) is 3.80. The molecular formula is C13H15F3N4. The van der Waals surface area contributed by atoms with Crippen LogP contribution in [0.4, 0.5) is 13.2 Å². The minimum atomic E-state index is -4.36. The highest BCUT2D eigenvalue weighted by Gasteiger charge is 2.32. The van der Waals surface area contributed by atoms with Gasteiger partial charge in [0.15, 0.2) is 0 Å². The number of aromatic nitrogens is 3. The van der Waals surface area contributed by atoms with Crippen LogP contribution in [0.2, 0.25) is 0 Å². The molecule has 0 aliphatic heterocycles. The molecule has 1 N–H and O–H groups in total. The van der Waals surface area contributed by atoms with Crippen LogP contribution < -0.4 is 5.32 Å². The number of halogens is 3. The number of hydrogen-bond acceptors (Lipinski definition) is 3. The third-order valence-electron chi connectivity index (χ3n) is 2.75. The van der Waals surface area contributed by atoms with Crippen LogP contribution in [0.3, 0.4) is 0 Å². The Morgan fingerprint density at radius 2 is 2.05 bits per heavy atom. The Labute approximate surface area is 114 Å². The van der Waals surface area contributed by atoms with Gasteiger partial charge in [-0.1, -0.05) is 13.0 Å². The topological polar surface area (TPSA) is 42.7 Å². The molecule has 7 heteroatoms. The molecule has 0 unspecified atom stereocenters. The van der Waals surface area contributed by atoms with E-state index in [1.807, 2.05) is 13.0 Å². The van der Waals surface area contributed by atoms with Crippen LogP contribution in [0, 0.1) is 0 Å². The maximum atomic E-state index is 12.4. The Morgan fingerprint density at radius 3 is 2.60 bits per heavy atom. The minimum Gasteiger partial charge on any atom is -0.313 e. The highest BCUT2D eigenvalue weighted by molar-refractivity contribution is 5.15. The minimum absolute atomic E-state index is 0.220. The van der Waals surface area contributed by atoms with Crippen molar-refractivity contribution < 1.29 is 13.2 Å². The number of rotatable bonds is 5. The van der Waals surface area contributed by atoms with E-state index in [0.29, 0.717) is 5.69 Å². The van der Waals surface area contributed by atoms with Gasteiger partial charge in [0.05, 0.1) is 24.0 Å². The molecule has 0 spiro atoms. The van der Waals surface area contributed by atoms with Crippen LogP contribution in [-0.2, 0) is 19.3 Å². The SMILES string of the molecule is CCNCc1ccc(Cn2cc(C(F)(F)F)cn2)nc1. The largest absolute Gasteiger partial charge is 0.419 e. The van der Waals surface area contributed by atoms with Crippen LogP contribution in [-0.4, -0.2) is 21.3 Å². The zero-order valence-electron chi connectivity index (χ0n) is 11.0. The van der Waals surface area contributed by atoms with Gasteiger partial charge in [-0.15, -0.1) is 0 Å². The monoisotopic (exact) mass is 284 g/mol. The Hall–Kier alpha value is -1.89. The summed E-state index contributed by atoms with van der Waals surface area (Å²) in [6, 6.07) is 3.70. The zero-order valence-corrected chi connectivity index (χ0v) is 11.0. The molecule has 20 heavy (non-hydrogen) atoms. The van der Waals surface area contributed by atoms with E-state index < -0.39 is 11.7 Å². The van der Waals surface area contributed by atoms with E-state index in [9.17, 15) is 13.2 Å². The van der Waals surface area contributed by atoms with Gasteiger partial charge < -0.3 is 5.32 Å². The Morgan fingerprint density at radius 1 is 1.25 bits per heavy atom. The molecule has 0 atom stereocenters. The first-order valence-corrected chi connectivity index (χ1v) is 6.23. The van der Waals surface area contributed by atoms with Crippen molar-refractivity contribution in [3.8, 4) is 0 Å². The molecule has 2 aromatic rings. The molecule has 0 radical (unpaired) electrons. The second-order valence-corrected chi connectivity index (χ2v) is 4.36. The zero-order chi connectivity index (χ0) is 14.6. The number of alkyl halides is 3. The van der Waals surface area contributed by atoms with Crippen molar-refractivity contribution in [2.24, 2.45) is 0 Å². The number of hydrogen-bond donors (Lipinski definition) is 1. The molecule has 2 heterocycles. The average Bonchev–Trinajstić information content (AvgIpc) is 2.86. The molecule has 4 nitrogen and oxygen atoms in total. The molecular weight excluding hydrogens is 269 g/mol. The van der Waals surface area contributed by atoms with Crippen LogP contribution >= 0.6 is 0 Å². The third-order valence-corrected chi connectivity index (χ3v) is 2.75. The van der Waals surface area contributed by atoms with Crippen molar-refractivity contribution in [2.75, 3.05) is 6.54 Å². The average molecular weight is 284 g/mol. The van der Waals surface area contributed by atoms with Gasteiger partial charge in [0, 0.05) is 18.9 Å². The lowest BCUT2D eigenvalue weighted by Crippen LogP contribution is -2.12. The van der Waals surface area contributed by atoms with Gasteiger partial charge in [-0.25, -0.2) is 0 Å². The maximum absolute atomic E-state index is 12.4. The van der Waals surface area contributed by atoms with Crippen molar-refractivity contribution in [1.82, 2.24) is 20.1 Å². The van der Waals surface area contributed by atoms with E-state index >= 15 is 0 Å². The summed E-state index contributed by atoms with van der Waals surface area (Å²) in [5.74, 6) is 0. The van der Waals surface area contributed by atoms with Gasteiger partial charge in [-0.05, 0) is 18.2 Å². The smallest absolute Gasteiger partial charge is 0.313 e. The van der Waals surface area contributed by atoms with Crippen molar-refractivity contribution in [2.45, 2.75) is 26.2 Å². The van der Waals surface area contributed by atoms with E-state index in [4.69, 9.17) is 0 Å². The predicted molar refractivity (Wildman–Crippen MR) is 67.9 cm³/mol. The molecule has 0 bridgehead atoms. The molecule has 2 aromatic heterocycles. The summed E-state index contributed by atoms with van der Waals surface area (Å²) in [6.07, 6.45) is -0.846. The van der Waals surface area contributed by atoms with E-state index in [2.05, 4.69) is 15.4 Å². The maximum Gasteiger partial charge on any atom is 0.419 e. The van der Waals surface area contributed by atoms with Crippen LogP contribution in [0.15, 0.2) is 30.7 Å². The van der Waals surface area contributed by atoms with Gasteiger partial charge in [-0.3, -0.25) is 9.67 Å². The molecule has 0 aliphatic carbocycles. The standard InChI is InChI=1S/C13H15F3N4/c1-2-17-5-10-3-4-12(18-6-10)9-20-8-11(7-19-20)13(14,15)16/h3-4,6-8,17H,2,5,9H2,1H3. The van der Waals surface area contributed by atoms with E-state index in [0.717, 1.165) is 31.0 Å². The summed E-state index contributed by atoms with van der Waals surface area (Å²) in [6.45, 7) is 3.83. The molecule has 0 saturated carbocycles. The van der Waals surface area contributed by atoms with Crippen LogP contribution in [0.25, 0.3) is 0 Å². The molecule has 0 fully saturated rings. The Bertz CT molecular complexity index is 545. The summed E-state index contributed by atoms with van der Waals surface area (Å²) in [5, 5.41) is 6.87. The molecule has 0 aromatic carbocycles. The first-order valence-electron chi connectivity index (χ1n) is 6.23. The summed E-state index contributed by atoms with van der Waals surface area (Å²) in [4.78, 5) is 4.22. The predicted octanol–water partition coefficient (Wildman–Crippen LogP) is 2.45. The first kappa shape index (κ1) is 14.5. The number of nitrogens with zero attached hydrogens (tertiary/aromatic N) is 3. The lowest BCUT2D eigenvalue weighted by Gasteiger charge is -2.04. The summed E-state index contributed by atoms with van der Waals surface area (Å²) in [5.41, 5.74) is 0.954. The van der Waals surface area contributed by atoms with Crippen molar-refractivity contribution in [3.63, 3.8) is 0 Å². The molecule has 108 valence electrons. The van der Waals surface area contributed by atoms with E-state index in [1.165, 1.54) is 4.68 Å². The number of nitrogens with one attached hydrogen (secondary N) is 1. The Kier molecular flexibility index (Phi) is 4.39. The highest BCUT2D eigenvalue weighted by Crippen LogP contribution is 2.28. The summed E-state index contributed by atoms with van der Waals surface area (Å²) < 4.78 is 38.5. The molecule has 0 aliphatic rings. The second kappa shape index (κ2) is 6.04. The quantitative estimate of drug-likeness (QED) is 0.917. The van der Waals surface area contributed by atoms with E-state index in [-0.39, 0.29) is 6.54 Å². The fourth-order valence-electron chi connectivity index (χ4n) is 1.68. The normalized spacial score (nSPS) is 11.8. The van der Waals surface area contributed by atoms with Crippen LogP contribution in [0.1, 0.15) is 23.7 Å². The van der Waals surface area contributed by atoms with Gasteiger partial charge in [-0.2, -0.15) is 18.3 Å². The van der Waals surface area contributed by atoms with Gasteiger partial charge in [0.25, 0.3) is 0 Å². The lowest BCUT2D eigenvalue weighted by atomic mass is 10.2. The molecule has 2 rings (SSSR count). The van der Waals surface area contributed by atoms with Crippen molar-refractivity contribution in [1.29, 1.82) is 0 Å². The summed E-state index contributed by atoms with van der Waals surface area (Å²) in [7, 11) is 0. The van der Waals surface area contributed by atoms with Gasteiger partial charge in [0.2, 0.25) is 0 Å². The second-order valence-electron chi connectivity index (χ2n) is 4.36. The molecule has 0 saturated heterocycles. The summed E-state index contributed by atoms with van der Waals surface area (Å²) >= 11 is 0.